The fourth-order valence-electron chi connectivity index (χ4n) is 1.71. The van der Waals surface area contributed by atoms with Gasteiger partial charge in [0.1, 0.15) is 5.56 Å². The van der Waals surface area contributed by atoms with E-state index in [1.54, 1.807) is 18.7 Å². The lowest BCUT2D eigenvalue weighted by atomic mass is 10.1. The maximum Gasteiger partial charge on any atom is 0.342 e. The van der Waals surface area contributed by atoms with E-state index in [1.165, 1.54) is 18.6 Å². The highest BCUT2D eigenvalue weighted by molar-refractivity contribution is 7.09. The first kappa shape index (κ1) is 11.7. The Morgan fingerprint density at radius 2 is 2.06 bits per heavy atom. The third-order valence-corrected chi connectivity index (χ3v) is 3.31. The molecule has 0 fully saturated rings. The van der Waals surface area contributed by atoms with Crippen LogP contribution in [0, 0.1) is 13.8 Å². The molecule has 2 rings (SSSR count). The van der Waals surface area contributed by atoms with Gasteiger partial charge in [0.25, 0.3) is 0 Å². The Bertz CT molecular complexity index is 573. The standard InChI is InChI=1S/C10H12N4O2S/c1-5-7(10(15)16-4)8(14(3)12-5)9-6(2)11-13-17-9/h1-4H3. The number of aryl methyl sites for hydroxylation is 3. The van der Waals surface area contributed by atoms with Gasteiger partial charge >= 0.3 is 5.97 Å². The molecule has 2 heterocycles. The van der Waals surface area contributed by atoms with Crippen LogP contribution in [0.5, 0.6) is 0 Å². The number of nitrogens with zero attached hydrogens (tertiary/aromatic N) is 4. The minimum absolute atomic E-state index is 0.390. The zero-order chi connectivity index (χ0) is 12.6. The van der Waals surface area contributed by atoms with E-state index in [2.05, 4.69) is 14.7 Å². The number of aromatic nitrogens is 4. The van der Waals surface area contributed by atoms with E-state index in [9.17, 15) is 4.79 Å². The van der Waals surface area contributed by atoms with Crippen molar-refractivity contribution < 1.29 is 9.53 Å². The van der Waals surface area contributed by atoms with Gasteiger partial charge in [0.15, 0.2) is 0 Å². The zero-order valence-corrected chi connectivity index (χ0v) is 10.8. The molecule has 0 aliphatic carbocycles. The molecule has 0 unspecified atom stereocenters. The zero-order valence-electron chi connectivity index (χ0n) is 10.0. The largest absolute Gasteiger partial charge is 0.465 e. The van der Waals surface area contributed by atoms with Crippen LogP contribution in [0.15, 0.2) is 0 Å². The van der Waals surface area contributed by atoms with Crippen molar-refractivity contribution in [3.63, 3.8) is 0 Å². The van der Waals surface area contributed by atoms with Gasteiger partial charge in [-0.2, -0.15) is 5.10 Å². The molecule has 6 nitrogen and oxygen atoms in total. The average molecular weight is 252 g/mol. The Morgan fingerprint density at radius 1 is 1.35 bits per heavy atom. The van der Waals surface area contributed by atoms with Gasteiger partial charge in [0.05, 0.1) is 29.1 Å². The molecule has 0 amide bonds. The topological polar surface area (TPSA) is 69.9 Å². The summed E-state index contributed by atoms with van der Waals surface area (Å²) in [6.07, 6.45) is 0. The summed E-state index contributed by atoms with van der Waals surface area (Å²) >= 11 is 1.24. The van der Waals surface area contributed by atoms with E-state index in [0.717, 1.165) is 10.6 Å². The molecular formula is C10H12N4O2S. The lowest BCUT2D eigenvalue weighted by Gasteiger charge is -2.02. The summed E-state index contributed by atoms with van der Waals surface area (Å²) in [5.41, 5.74) is 2.61. The first-order valence-corrected chi connectivity index (χ1v) is 5.74. The summed E-state index contributed by atoms with van der Waals surface area (Å²) in [5.74, 6) is -0.390. The molecule has 0 aliphatic heterocycles. The van der Waals surface area contributed by atoms with E-state index >= 15 is 0 Å². The van der Waals surface area contributed by atoms with Gasteiger partial charge < -0.3 is 4.74 Å². The molecule has 0 saturated heterocycles. The van der Waals surface area contributed by atoms with E-state index in [0.29, 0.717) is 17.0 Å². The lowest BCUT2D eigenvalue weighted by molar-refractivity contribution is 0.0601. The van der Waals surface area contributed by atoms with Gasteiger partial charge in [0.2, 0.25) is 0 Å². The van der Waals surface area contributed by atoms with Crippen LogP contribution >= 0.6 is 11.5 Å². The van der Waals surface area contributed by atoms with Crippen LogP contribution < -0.4 is 0 Å². The second kappa shape index (κ2) is 4.25. The smallest absolute Gasteiger partial charge is 0.342 e. The highest BCUT2D eigenvalue weighted by Gasteiger charge is 2.24. The summed E-state index contributed by atoms with van der Waals surface area (Å²) < 4.78 is 10.3. The minimum atomic E-state index is -0.390. The van der Waals surface area contributed by atoms with Gasteiger partial charge in [-0.05, 0) is 25.4 Å². The number of hydrogen-bond acceptors (Lipinski definition) is 6. The Labute approximate surface area is 102 Å². The Kier molecular flexibility index (Phi) is 2.93. The van der Waals surface area contributed by atoms with E-state index < -0.39 is 5.97 Å². The van der Waals surface area contributed by atoms with Crippen LogP contribution in [0.1, 0.15) is 21.7 Å². The van der Waals surface area contributed by atoms with Gasteiger partial charge in [-0.3, -0.25) is 4.68 Å². The van der Waals surface area contributed by atoms with Gasteiger partial charge in [-0.25, -0.2) is 4.79 Å². The molecule has 7 heteroatoms. The molecule has 2 aromatic rings. The summed E-state index contributed by atoms with van der Waals surface area (Å²) in [5, 5.41) is 8.19. The molecule has 0 bridgehead atoms. The Balaban J connectivity index is 2.69. The quantitative estimate of drug-likeness (QED) is 0.754. The SMILES string of the molecule is COC(=O)c1c(C)nn(C)c1-c1snnc1C. The monoisotopic (exact) mass is 252 g/mol. The van der Waals surface area contributed by atoms with Crippen molar-refractivity contribution in [1.29, 1.82) is 0 Å². The van der Waals surface area contributed by atoms with E-state index in [-0.39, 0.29) is 0 Å². The second-order valence-electron chi connectivity index (χ2n) is 3.61. The van der Waals surface area contributed by atoms with Crippen LogP contribution in [0.4, 0.5) is 0 Å². The van der Waals surface area contributed by atoms with Crippen LogP contribution in [0.2, 0.25) is 0 Å². The number of ether oxygens (including phenoxy) is 1. The van der Waals surface area contributed by atoms with E-state index in [1.807, 2.05) is 6.92 Å². The Morgan fingerprint density at radius 3 is 2.59 bits per heavy atom. The Hall–Kier alpha value is -1.76. The van der Waals surface area contributed by atoms with Crippen molar-refractivity contribution in [2.45, 2.75) is 13.8 Å². The van der Waals surface area contributed by atoms with Gasteiger partial charge in [-0.1, -0.05) is 4.49 Å². The number of hydrogen-bond donors (Lipinski definition) is 0. The molecule has 0 spiro atoms. The molecular weight excluding hydrogens is 240 g/mol. The van der Waals surface area contributed by atoms with Crippen molar-refractivity contribution in [2.24, 2.45) is 7.05 Å². The number of rotatable bonds is 2. The number of methoxy groups -OCH3 is 1. The summed E-state index contributed by atoms with van der Waals surface area (Å²) in [6.45, 7) is 3.63. The predicted molar refractivity (Wildman–Crippen MR) is 62.9 cm³/mol. The fourth-order valence-corrected chi connectivity index (χ4v) is 2.45. The molecule has 0 radical (unpaired) electrons. The summed E-state index contributed by atoms with van der Waals surface area (Å²) in [4.78, 5) is 12.6. The number of carbonyl (C=O) groups excluding carboxylic acids is 1. The lowest BCUT2D eigenvalue weighted by Crippen LogP contribution is -2.04. The van der Waals surface area contributed by atoms with Crippen molar-refractivity contribution >= 4 is 17.5 Å². The first-order valence-electron chi connectivity index (χ1n) is 4.97. The fraction of sp³-hybridized carbons (Fsp3) is 0.400. The summed E-state index contributed by atoms with van der Waals surface area (Å²) in [6, 6.07) is 0. The highest BCUT2D eigenvalue weighted by atomic mass is 32.1. The van der Waals surface area contributed by atoms with Gasteiger partial charge in [-0.15, -0.1) is 5.10 Å². The molecule has 0 N–H and O–H groups in total. The normalized spacial score (nSPS) is 10.6. The second-order valence-corrected chi connectivity index (χ2v) is 4.37. The minimum Gasteiger partial charge on any atom is -0.465 e. The van der Waals surface area contributed by atoms with E-state index in [4.69, 9.17) is 4.74 Å². The molecule has 90 valence electrons. The third kappa shape index (κ3) is 1.82. The maximum absolute atomic E-state index is 11.8. The van der Waals surface area contributed by atoms with Crippen molar-refractivity contribution in [2.75, 3.05) is 7.11 Å². The summed E-state index contributed by atoms with van der Waals surface area (Å²) in [7, 11) is 3.14. The predicted octanol–water partition coefficient (Wildman–Crippen LogP) is 1.34. The van der Waals surface area contributed by atoms with Crippen LogP contribution in [0.3, 0.4) is 0 Å². The molecule has 2 aromatic heterocycles. The van der Waals surface area contributed by atoms with Gasteiger partial charge in [0, 0.05) is 7.05 Å². The number of esters is 1. The average Bonchev–Trinajstić information content (AvgIpc) is 2.81. The third-order valence-electron chi connectivity index (χ3n) is 2.48. The van der Waals surface area contributed by atoms with Crippen LogP contribution in [-0.2, 0) is 11.8 Å². The van der Waals surface area contributed by atoms with Crippen LogP contribution in [-0.4, -0.2) is 32.4 Å². The first-order chi connectivity index (χ1) is 8.06. The van der Waals surface area contributed by atoms with Crippen molar-refractivity contribution in [1.82, 2.24) is 19.4 Å². The highest BCUT2D eigenvalue weighted by Crippen LogP contribution is 2.30. The van der Waals surface area contributed by atoms with Crippen LogP contribution in [0.25, 0.3) is 10.6 Å². The molecule has 0 atom stereocenters. The molecule has 17 heavy (non-hydrogen) atoms. The molecule has 0 aliphatic rings. The molecule has 0 aromatic carbocycles. The number of carbonyl (C=O) groups is 1. The molecule has 0 saturated carbocycles. The van der Waals surface area contributed by atoms with Crippen molar-refractivity contribution in [3.05, 3.63) is 17.0 Å². The van der Waals surface area contributed by atoms with Crippen molar-refractivity contribution in [3.8, 4) is 10.6 Å². The maximum atomic E-state index is 11.8.